The van der Waals surface area contributed by atoms with Crippen molar-refractivity contribution in [2.75, 3.05) is 4.90 Å². The molecule has 1 atom stereocenters. The van der Waals surface area contributed by atoms with Crippen LogP contribution in [0.15, 0.2) is 72.1 Å². The van der Waals surface area contributed by atoms with Crippen LogP contribution in [0.2, 0.25) is 0 Å². The van der Waals surface area contributed by atoms with Gasteiger partial charge in [-0.15, -0.1) is 11.3 Å². The third-order valence-corrected chi connectivity index (χ3v) is 6.97. The fourth-order valence-electron chi connectivity index (χ4n) is 4.25. The summed E-state index contributed by atoms with van der Waals surface area (Å²) in [5.74, 6) is 4.32. The molecular formula is C28H25F3N2O2S. The standard InChI is InChI=1S/C28H25F3N2O2S/c29-28(30,31)21-14-16-23(17-15-21)33(25(34)18-13-20-8-3-1-4-9-20)26(24-12-7-19-36-24)27(35)32-22-10-5-2-6-11-22/h1,3-4,7-9,12,14-17,19,22,26H,2,5-6,10-11H2,(H,32,35). The summed E-state index contributed by atoms with van der Waals surface area (Å²) in [7, 11) is 0. The number of anilines is 1. The Morgan fingerprint density at radius 3 is 2.25 bits per heavy atom. The van der Waals surface area contributed by atoms with Gasteiger partial charge in [0.2, 0.25) is 5.91 Å². The first-order chi connectivity index (χ1) is 17.3. The molecule has 1 unspecified atom stereocenters. The van der Waals surface area contributed by atoms with Crippen LogP contribution in [-0.4, -0.2) is 17.9 Å². The Morgan fingerprint density at radius 2 is 1.64 bits per heavy atom. The van der Waals surface area contributed by atoms with Gasteiger partial charge in [-0.2, -0.15) is 13.2 Å². The van der Waals surface area contributed by atoms with E-state index in [-0.39, 0.29) is 17.6 Å². The van der Waals surface area contributed by atoms with E-state index in [2.05, 4.69) is 17.2 Å². The number of halogens is 3. The van der Waals surface area contributed by atoms with Crippen LogP contribution in [0.3, 0.4) is 0 Å². The van der Waals surface area contributed by atoms with Gasteiger partial charge in [0.05, 0.1) is 5.56 Å². The van der Waals surface area contributed by atoms with E-state index in [4.69, 9.17) is 0 Å². The Kier molecular flexibility index (Phi) is 8.11. The molecule has 1 saturated carbocycles. The van der Waals surface area contributed by atoms with Gasteiger partial charge in [0.15, 0.2) is 6.04 Å². The molecule has 0 aliphatic heterocycles. The minimum Gasteiger partial charge on any atom is -0.351 e. The number of rotatable bonds is 5. The van der Waals surface area contributed by atoms with Crippen molar-refractivity contribution in [2.24, 2.45) is 0 Å². The lowest BCUT2D eigenvalue weighted by Crippen LogP contribution is -2.46. The van der Waals surface area contributed by atoms with E-state index >= 15 is 0 Å². The van der Waals surface area contributed by atoms with Crippen LogP contribution in [0.25, 0.3) is 0 Å². The van der Waals surface area contributed by atoms with Gasteiger partial charge >= 0.3 is 12.1 Å². The highest BCUT2D eigenvalue weighted by Gasteiger charge is 2.35. The van der Waals surface area contributed by atoms with Gasteiger partial charge in [-0.3, -0.25) is 14.5 Å². The molecule has 0 radical (unpaired) electrons. The summed E-state index contributed by atoms with van der Waals surface area (Å²) in [6.45, 7) is 0. The van der Waals surface area contributed by atoms with Crippen LogP contribution in [0.1, 0.15) is 54.1 Å². The maximum absolute atomic E-state index is 13.6. The second kappa shape index (κ2) is 11.4. The molecule has 36 heavy (non-hydrogen) atoms. The fraction of sp³-hybridized carbons (Fsp3) is 0.286. The number of benzene rings is 2. The molecule has 3 aromatic rings. The molecule has 0 bridgehead atoms. The van der Waals surface area contributed by atoms with Crippen molar-refractivity contribution in [3.63, 3.8) is 0 Å². The number of nitrogens with zero attached hydrogens (tertiary/aromatic N) is 1. The molecule has 0 spiro atoms. The van der Waals surface area contributed by atoms with Crippen molar-refractivity contribution >= 4 is 28.8 Å². The molecule has 1 heterocycles. The molecule has 1 fully saturated rings. The average Bonchev–Trinajstić information content (AvgIpc) is 3.41. The van der Waals surface area contributed by atoms with Gasteiger partial charge in [-0.25, -0.2) is 0 Å². The highest BCUT2D eigenvalue weighted by atomic mass is 32.1. The number of amides is 2. The predicted octanol–water partition coefficient (Wildman–Crippen LogP) is 6.34. The summed E-state index contributed by atoms with van der Waals surface area (Å²) in [6.07, 6.45) is 0.325. The van der Waals surface area contributed by atoms with Crippen molar-refractivity contribution in [3.05, 3.63) is 88.1 Å². The number of hydrogen-bond acceptors (Lipinski definition) is 3. The Balaban J connectivity index is 1.74. The minimum absolute atomic E-state index is 0.00586. The lowest BCUT2D eigenvalue weighted by molar-refractivity contribution is -0.137. The van der Waals surface area contributed by atoms with Gasteiger partial charge in [-0.05, 0) is 60.7 Å². The molecule has 186 valence electrons. The van der Waals surface area contributed by atoms with Gasteiger partial charge in [0.25, 0.3) is 0 Å². The maximum Gasteiger partial charge on any atom is 0.416 e. The first-order valence-corrected chi connectivity index (χ1v) is 12.6. The summed E-state index contributed by atoms with van der Waals surface area (Å²) in [5.41, 5.74) is -0.0709. The first-order valence-electron chi connectivity index (χ1n) is 11.7. The van der Waals surface area contributed by atoms with Crippen molar-refractivity contribution in [1.29, 1.82) is 0 Å². The van der Waals surface area contributed by atoms with Crippen molar-refractivity contribution < 1.29 is 22.8 Å². The minimum atomic E-state index is -4.52. The number of carbonyl (C=O) groups is 2. The third-order valence-electron chi connectivity index (χ3n) is 6.05. The molecule has 1 aliphatic rings. The second-order valence-electron chi connectivity index (χ2n) is 8.60. The quantitative estimate of drug-likeness (QED) is 0.407. The highest BCUT2D eigenvalue weighted by molar-refractivity contribution is 7.10. The summed E-state index contributed by atoms with van der Waals surface area (Å²) in [4.78, 5) is 28.9. The van der Waals surface area contributed by atoms with Gasteiger partial charge in [-0.1, -0.05) is 49.4 Å². The van der Waals surface area contributed by atoms with Gasteiger partial charge < -0.3 is 5.32 Å². The molecule has 1 N–H and O–H groups in total. The molecule has 0 saturated heterocycles. The topological polar surface area (TPSA) is 49.4 Å². The van der Waals surface area contributed by atoms with Crippen LogP contribution in [0.5, 0.6) is 0 Å². The average molecular weight is 511 g/mol. The number of alkyl halides is 3. The zero-order chi connectivity index (χ0) is 25.5. The third kappa shape index (κ3) is 6.35. The molecule has 1 aromatic heterocycles. The molecule has 1 aliphatic carbocycles. The molecule has 2 aromatic carbocycles. The van der Waals surface area contributed by atoms with E-state index < -0.39 is 23.7 Å². The molecule has 4 rings (SSSR count). The Labute approximate surface area is 212 Å². The molecule has 4 nitrogen and oxygen atoms in total. The van der Waals surface area contributed by atoms with Crippen LogP contribution in [0, 0.1) is 11.8 Å². The number of nitrogens with one attached hydrogen (secondary N) is 1. The lowest BCUT2D eigenvalue weighted by atomic mass is 9.95. The Morgan fingerprint density at radius 1 is 0.944 bits per heavy atom. The predicted molar refractivity (Wildman–Crippen MR) is 134 cm³/mol. The highest BCUT2D eigenvalue weighted by Crippen LogP contribution is 2.34. The fourth-order valence-corrected chi connectivity index (χ4v) is 5.06. The van der Waals surface area contributed by atoms with E-state index in [0.717, 1.165) is 44.2 Å². The zero-order valence-corrected chi connectivity index (χ0v) is 20.2. The maximum atomic E-state index is 13.6. The van der Waals surface area contributed by atoms with Crippen LogP contribution >= 0.6 is 11.3 Å². The SMILES string of the molecule is O=C(NC1CCCCC1)C(c1cccs1)N(C(=O)C#Cc1ccccc1)c1ccc(C(F)(F)F)cc1. The monoisotopic (exact) mass is 510 g/mol. The van der Waals surface area contributed by atoms with Crippen LogP contribution in [0.4, 0.5) is 18.9 Å². The summed E-state index contributed by atoms with van der Waals surface area (Å²) < 4.78 is 39.6. The van der Waals surface area contributed by atoms with Crippen molar-refractivity contribution in [2.45, 2.75) is 50.4 Å². The smallest absolute Gasteiger partial charge is 0.351 e. The van der Waals surface area contributed by atoms with Crippen LogP contribution in [-0.2, 0) is 15.8 Å². The van der Waals surface area contributed by atoms with Crippen molar-refractivity contribution in [3.8, 4) is 11.8 Å². The lowest BCUT2D eigenvalue weighted by Gasteiger charge is -2.31. The molecule has 2 amide bonds. The zero-order valence-electron chi connectivity index (χ0n) is 19.4. The van der Waals surface area contributed by atoms with Gasteiger partial charge in [0.1, 0.15) is 0 Å². The van der Waals surface area contributed by atoms with E-state index in [9.17, 15) is 22.8 Å². The summed E-state index contributed by atoms with van der Waals surface area (Å²) in [5, 5.41) is 4.86. The second-order valence-corrected chi connectivity index (χ2v) is 9.58. The summed E-state index contributed by atoms with van der Waals surface area (Å²) >= 11 is 1.30. The van der Waals surface area contributed by atoms with Crippen LogP contribution < -0.4 is 10.2 Å². The number of carbonyl (C=O) groups excluding carboxylic acids is 2. The van der Waals surface area contributed by atoms with E-state index in [1.165, 1.54) is 28.4 Å². The van der Waals surface area contributed by atoms with Crippen molar-refractivity contribution in [1.82, 2.24) is 5.32 Å². The first kappa shape index (κ1) is 25.5. The molecular weight excluding hydrogens is 485 g/mol. The largest absolute Gasteiger partial charge is 0.416 e. The van der Waals surface area contributed by atoms with Gasteiger partial charge in [0, 0.05) is 28.1 Å². The number of thiophene rings is 1. The summed E-state index contributed by atoms with van der Waals surface area (Å²) in [6, 6.07) is 15.6. The number of hydrogen-bond donors (Lipinski definition) is 1. The van der Waals surface area contributed by atoms with E-state index in [1.807, 2.05) is 6.07 Å². The van der Waals surface area contributed by atoms with E-state index in [1.54, 1.807) is 41.8 Å². The Bertz CT molecular complexity index is 1220. The molecule has 8 heteroatoms. The van der Waals surface area contributed by atoms with E-state index in [0.29, 0.717) is 10.4 Å². The normalized spacial score (nSPS) is 14.9. The Hall–Kier alpha value is -3.57.